The fraction of sp³-hybridized carbons (Fsp3) is 0.250. The molecule has 0 aliphatic rings. The van der Waals surface area contributed by atoms with E-state index in [0.29, 0.717) is 37.1 Å². The number of benzene rings is 2. The van der Waals surface area contributed by atoms with Gasteiger partial charge in [0, 0.05) is 11.4 Å². The Bertz CT molecular complexity index is 1170. The first-order valence-corrected chi connectivity index (χ1v) is 12.7. The van der Waals surface area contributed by atoms with E-state index in [2.05, 4.69) is 10.3 Å². The molecule has 2 aromatic rings. The summed E-state index contributed by atoms with van der Waals surface area (Å²) < 4.78 is 0. The zero-order valence-corrected chi connectivity index (χ0v) is 21.3. The summed E-state index contributed by atoms with van der Waals surface area (Å²) in [6, 6.07) is 13.9. The van der Waals surface area contributed by atoms with Crippen LogP contribution in [-0.2, 0) is 22.4 Å². The first-order valence-electron chi connectivity index (χ1n) is 11.1. The quantitative estimate of drug-likeness (QED) is 0.112. The van der Waals surface area contributed by atoms with Gasteiger partial charge in [-0.1, -0.05) is 24.3 Å². The zero-order valence-electron chi connectivity index (χ0n) is 19.7. The van der Waals surface area contributed by atoms with Gasteiger partial charge in [-0.25, -0.2) is 0 Å². The number of thioether (sulfide) groups is 2. The van der Waals surface area contributed by atoms with E-state index < -0.39 is 5.91 Å². The number of carbonyl (C=O) groups excluding carboxylic acids is 2. The largest absolute Gasteiger partial charge is 0.399 e. The van der Waals surface area contributed by atoms with Crippen molar-refractivity contribution in [2.24, 2.45) is 10.7 Å². The molecule has 10 N–H and O–H groups in total. The van der Waals surface area contributed by atoms with Gasteiger partial charge in [-0.05, 0) is 84.6 Å². The number of unbranched alkanes of at least 4 members (excludes halogenated alkanes) is 1. The Labute approximate surface area is 218 Å². The minimum absolute atomic E-state index is 0.0135. The second-order valence-corrected chi connectivity index (χ2v) is 10.0. The van der Waals surface area contributed by atoms with Crippen molar-refractivity contribution in [2.75, 3.05) is 11.5 Å². The van der Waals surface area contributed by atoms with Crippen LogP contribution in [0.4, 0.5) is 11.4 Å². The Kier molecular flexibility index (Phi) is 11.7. The summed E-state index contributed by atoms with van der Waals surface area (Å²) in [7, 11) is 0. The number of nitrogens with zero attached hydrogens (tertiary/aromatic N) is 1. The lowest BCUT2D eigenvalue weighted by atomic mass is 10.1. The molecule has 0 fully saturated rings. The molecule has 0 saturated carbocycles. The van der Waals surface area contributed by atoms with Gasteiger partial charge in [0.25, 0.3) is 5.91 Å². The van der Waals surface area contributed by atoms with Crippen molar-refractivity contribution in [1.82, 2.24) is 5.32 Å². The lowest BCUT2D eigenvalue weighted by Crippen LogP contribution is -2.29. The maximum Gasteiger partial charge on any atom is 0.252 e. The standard InChI is InChI=1S/C24H30N8O2S2/c25-17-7-3-5-15(11-17)13-21(33)31-23(29)35-19(27)9-1-2-10-20(28)36-24(30)32-22(34)14-16-6-4-8-18(26)12-16/h3-8,11-12,27-28H,1-2,9-10,13-14,25-26H2,(H2,29,31,33)(H2,30,32,34). The van der Waals surface area contributed by atoms with Gasteiger partial charge in [-0.15, -0.1) is 0 Å². The molecule has 0 aliphatic carbocycles. The summed E-state index contributed by atoms with van der Waals surface area (Å²) in [4.78, 5) is 27.9. The molecule has 0 unspecified atom stereocenters. The number of anilines is 2. The van der Waals surface area contributed by atoms with Crippen molar-refractivity contribution in [3.63, 3.8) is 0 Å². The lowest BCUT2D eigenvalue weighted by Gasteiger charge is -2.08. The van der Waals surface area contributed by atoms with Crippen molar-refractivity contribution < 1.29 is 9.59 Å². The maximum atomic E-state index is 12.1. The molecule has 0 bridgehead atoms. The van der Waals surface area contributed by atoms with Crippen LogP contribution in [-0.4, -0.2) is 32.2 Å². The van der Waals surface area contributed by atoms with Crippen LogP contribution in [0.5, 0.6) is 0 Å². The minimum Gasteiger partial charge on any atom is -0.399 e. The number of aliphatic imine (C=N–C) groups is 1. The molecule has 2 rings (SSSR count). The minimum atomic E-state index is -0.411. The smallest absolute Gasteiger partial charge is 0.252 e. The van der Waals surface area contributed by atoms with Gasteiger partial charge in [0.1, 0.15) is 0 Å². The molecule has 0 heterocycles. The molecule has 2 amide bonds. The van der Waals surface area contributed by atoms with E-state index in [9.17, 15) is 9.59 Å². The van der Waals surface area contributed by atoms with Gasteiger partial charge >= 0.3 is 0 Å². The molecule has 0 spiro atoms. The molecule has 0 saturated heterocycles. The second kappa shape index (κ2) is 14.7. The fourth-order valence-electron chi connectivity index (χ4n) is 3.07. The van der Waals surface area contributed by atoms with E-state index in [1.54, 1.807) is 48.5 Å². The number of amidine groups is 2. The third kappa shape index (κ3) is 11.7. The Morgan fingerprint density at radius 2 is 1.36 bits per heavy atom. The average Bonchev–Trinajstić information content (AvgIpc) is 2.76. The molecular weight excluding hydrogens is 496 g/mol. The van der Waals surface area contributed by atoms with Gasteiger partial charge in [0.2, 0.25) is 5.91 Å². The van der Waals surface area contributed by atoms with Gasteiger partial charge in [-0.2, -0.15) is 4.99 Å². The number of nitrogens with one attached hydrogen (secondary N) is 4. The van der Waals surface area contributed by atoms with Crippen LogP contribution in [0, 0.1) is 16.2 Å². The molecule has 0 atom stereocenters. The highest BCUT2D eigenvalue weighted by Gasteiger charge is 2.11. The van der Waals surface area contributed by atoms with E-state index in [1.165, 1.54) is 0 Å². The van der Waals surface area contributed by atoms with Gasteiger partial charge in [0.15, 0.2) is 10.3 Å². The molecular formula is C24H30N8O2S2. The second-order valence-electron chi connectivity index (χ2n) is 7.82. The molecule has 36 heavy (non-hydrogen) atoms. The van der Waals surface area contributed by atoms with E-state index >= 15 is 0 Å². The highest BCUT2D eigenvalue weighted by molar-refractivity contribution is 8.26. The van der Waals surface area contributed by atoms with Crippen molar-refractivity contribution in [1.29, 1.82) is 16.2 Å². The SMILES string of the molecule is N=C(CCCCC(=N)SC(N)=NC(=O)Cc1cccc(N)c1)SC(=N)NC(=O)Cc1cccc(N)c1. The van der Waals surface area contributed by atoms with Crippen LogP contribution in [0.3, 0.4) is 0 Å². The van der Waals surface area contributed by atoms with Gasteiger partial charge in [-0.3, -0.25) is 25.8 Å². The first kappa shape index (κ1) is 28.6. The van der Waals surface area contributed by atoms with Crippen LogP contribution in [0.2, 0.25) is 0 Å². The highest BCUT2D eigenvalue weighted by atomic mass is 32.2. The molecule has 2 aromatic carbocycles. The summed E-state index contributed by atoms with van der Waals surface area (Å²) in [6.07, 6.45) is 2.28. The Balaban J connectivity index is 1.62. The number of rotatable bonds is 9. The number of carbonyl (C=O) groups is 2. The third-order valence-corrected chi connectivity index (χ3v) is 6.13. The van der Waals surface area contributed by atoms with Crippen molar-refractivity contribution in [3.8, 4) is 0 Å². The van der Waals surface area contributed by atoms with Gasteiger partial charge < -0.3 is 22.5 Å². The topological polar surface area (TPSA) is 208 Å². The van der Waals surface area contributed by atoms with E-state index in [-0.39, 0.29) is 39.2 Å². The number of amides is 2. The summed E-state index contributed by atoms with van der Waals surface area (Å²) >= 11 is 1.82. The number of hydrogen-bond donors (Lipinski definition) is 7. The molecule has 190 valence electrons. The first-order chi connectivity index (χ1) is 17.1. The monoisotopic (exact) mass is 526 g/mol. The van der Waals surface area contributed by atoms with Gasteiger partial charge in [0.05, 0.1) is 22.9 Å². The molecule has 10 nitrogen and oxygen atoms in total. The van der Waals surface area contributed by atoms with Crippen LogP contribution >= 0.6 is 23.5 Å². The number of nitrogens with two attached hydrogens (primary N) is 3. The van der Waals surface area contributed by atoms with Crippen LogP contribution in [0.1, 0.15) is 36.8 Å². The third-order valence-electron chi connectivity index (χ3n) is 4.62. The molecule has 12 heteroatoms. The fourth-order valence-corrected chi connectivity index (χ4v) is 4.37. The molecule has 0 aromatic heterocycles. The Hall–Kier alpha value is -3.64. The Morgan fingerprint density at radius 1 is 0.833 bits per heavy atom. The summed E-state index contributed by atoms with van der Waals surface area (Å²) in [6.45, 7) is 0. The molecule has 0 radical (unpaired) electrons. The van der Waals surface area contributed by atoms with Crippen LogP contribution < -0.4 is 22.5 Å². The van der Waals surface area contributed by atoms with Crippen LogP contribution in [0.25, 0.3) is 0 Å². The number of hydrogen-bond acceptors (Lipinski definition) is 9. The van der Waals surface area contributed by atoms with Crippen LogP contribution in [0.15, 0.2) is 53.5 Å². The summed E-state index contributed by atoms with van der Waals surface area (Å²) in [5.41, 5.74) is 19.8. The Morgan fingerprint density at radius 3 is 1.92 bits per heavy atom. The van der Waals surface area contributed by atoms with Crippen molar-refractivity contribution in [3.05, 3.63) is 59.7 Å². The number of nitrogen functional groups attached to an aromatic ring is 2. The summed E-state index contributed by atoms with van der Waals surface area (Å²) in [5.74, 6) is -0.756. The van der Waals surface area contributed by atoms with E-state index in [4.69, 9.17) is 33.4 Å². The highest BCUT2D eigenvalue weighted by Crippen LogP contribution is 2.15. The van der Waals surface area contributed by atoms with E-state index in [1.807, 2.05) is 0 Å². The maximum absolute atomic E-state index is 12.1. The van der Waals surface area contributed by atoms with Crippen molar-refractivity contribution >= 4 is 67.1 Å². The predicted octanol–water partition coefficient (Wildman–Crippen LogP) is 3.51. The normalized spacial score (nSPS) is 11.1. The molecule has 0 aliphatic heterocycles. The van der Waals surface area contributed by atoms with E-state index in [0.717, 1.165) is 34.7 Å². The lowest BCUT2D eigenvalue weighted by molar-refractivity contribution is -0.119. The average molecular weight is 527 g/mol. The summed E-state index contributed by atoms with van der Waals surface area (Å²) in [5, 5.41) is 26.8. The zero-order chi connectivity index (χ0) is 26.5. The predicted molar refractivity (Wildman–Crippen MR) is 151 cm³/mol. The van der Waals surface area contributed by atoms with Crippen molar-refractivity contribution in [2.45, 2.75) is 38.5 Å².